The second-order valence-corrected chi connectivity index (χ2v) is 41.0. The first-order valence-electron chi connectivity index (χ1n) is 56.5. The van der Waals surface area contributed by atoms with E-state index >= 15 is 10.2 Å². The number of rotatable bonds is 69. The van der Waals surface area contributed by atoms with E-state index in [2.05, 4.69) is 254 Å². The van der Waals surface area contributed by atoms with Crippen molar-refractivity contribution < 1.29 is 63.1 Å². The third kappa shape index (κ3) is 31.3. The molecule has 0 saturated heterocycles. The summed E-state index contributed by atoms with van der Waals surface area (Å²) in [4.78, 5) is 4.21. The van der Waals surface area contributed by atoms with Crippen LogP contribution in [0.2, 0.25) is 0 Å². The van der Waals surface area contributed by atoms with Crippen LogP contribution in [0.5, 0.6) is 63.2 Å². The molecule has 10 atom stereocenters. The fourth-order valence-corrected chi connectivity index (χ4v) is 20.4. The molecule has 10 unspecified atom stereocenters. The lowest BCUT2D eigenvalue weighted by Gasteiger charge is -2.61. The molecular weight excluding hydrogens is 1790 g/mol. The number of phenolic OH excluding ortho intramolecular Hbond substituents is 2. The van der Waals surface area contributed by atoms with Crippen LogP contribution < -0.4 is 62.6 Å². The van der Waals surface area contributed by atoms with Crippen LogP contribution in [0.25, 0.3) is 44.5 Å². The Morgan fingerprint density at radius 3 is 0.611 bits per heavy atom. The van der Waals surface area contributed by atoms with Gasteiger partial charge >= 0.3 is 0 Å². The highest BCUT2D eigenvalue weighted by Crippen LogP contribution is 2.54. The molecule has 1 fully saturated rings. The van der Waals surface area contributed by atoms with Gasteiger partial charge in [0.1, 0.15) is 63.2 Å². The smallest absolute Gasteiger partial charge is 0.134 e. The fourth-order valence-electron chi connectivity index (χ4n) is 20.4. The third-order valence-electron chi connectivity index (χ3n) is 30.7. The van der Waals surface area contributed by atoms with Crippen molar-refractivity contribution in [3.63, 3.8) is 0 Å². The van der Waals surface area contributed by atoms with Crippen LogP contribution in [-0.4, -0.2) is 82.4 Å². The molecular formula is C129H178N2O13-2. The average molecular weight is 1960 g/mol. The van der Waals surface area contributed by atoms with Gasteiger partial charge in [0.25, 0.3) is 0 Å². The largest absolute Gasteiger partial charge is 0.851 e. The van der Waals surface area contributed by atoms with Crippen molar-refractivity contribution in [1.82, 2.24) is 0 Å². The van der Waals surface area contributed by atoms with E-state index < -0.39 is 24.0 Å². The summed E-state index contributed by atoms with van der Waals surface area (Å²) in [6.45, 7) is 40.6. The van der Waals surface area contributed by atoms with Crippen LogP contribution in [0.1, 0.15) is 339 Å². The van der Waals surface area contributed by atoms with Gasteiger partial charge < -0.3 is 72.9 Å². The maximum absolute atomic E-state index is 15.4. The Balaban J connectivity index is 0.990. The molecule has 0 heterocycles. The lowest BCUT2D eigenvalue weighted by atomic mass is 9.63. The number of benzene rings is 10. The summed E-state index contributed by atoms with van der Waals surface area (Å²) in [7, 11) is 1.69. The van der Waals surface area contributed by atoms with Crippen molar-refractivity contribution in [2.75, 3.05) is 69.8 Å². The molecule has 0 amide bonds. The molecule has 15 nitrogen and oxygen atoms in total. The minimum absolute atomic E-state index is 0.175. The lowest BCUT2D eigenvalue weighted by molar-refractivity contribution is -0.536. The number of hydrogen-bond donors (Lipinski definition) is 2. The van der Waals surface area contributed by atoms with Crippen molar-refractivity contribution in [2.24, 2.45) is 47.3 Å². The predicted octanol–water partition coefficient (Wildman–Crippen LogP) is 34.8. The lowest BCUT2D eigenvalue weighted by Crippen LogP contribution is -2.63. The minimum Gasteiger partial charge on any atom is -0.851 e. The molecule has 1 aliphatic rings. The number of unbranched alkanes of at least 4 members (excludes halogenated alkanes) is 8. The molecule has 0 spiro atoms. The predicted molar refractivity (Wildman–Crippen MR) is 597 cm³/mol. The standard InChI is InChI=1S/C129H178N2O13/c1-18-34-45-91(26-9)83-137-114-53-42-54-115(138-84-92(27-10)46-35-19-2)122(114)99-59-67-103(68-60-99)130(104-69-61-100(62-70-104)123-116(139-85-93(28-11)47-36-20-3)55-43-56-117(123)140-86-94(29-12)48-37-21-4)107-75-77-110(112(132)79-107)126-128(134)127(129(126)135)111-78-76-108(80-113(111)133)131(105-71-63-101(64-72-105)124-118(141-87-95(30-13)49-38-22-5)57-44-58-119(124)142-88-96(31-14)50-39-23-6)106-73-65-102(66-74-106)125-120(143-89-97(32-15)51-40-24-7)81-109(136-17)82-121(125)144-90-98(33-16)52-41-25-8/h42-44,53-82,91-98,126-129,132-133H,18-41,45-52,83-90H2,1-17H3/q-2. The summed E-state index contributed by atoms with van der Waals surface area (Å²) in [5, 5.41) is 56.4. The van der Waals surface area contributed by atoms with E-state index in [1.54, 1.807) is 31.4 Å². The number of phenols is 2. The van der Waals surface area contributed by atoms with Gasteiger partial charge in [0.05, 0.1) is 82.2 Å². The van der Waals surface area contributed by atoms with E-state index in [4.69, 9.17) is 42.6 Å². The van der Waals surface area contributed by atoms with Gasteiger partial charge in [-0.1, -0.05) is 344 Å². The number of hydrogen-bond acceptors (Lipinski definition) is 15. The Hall–Kier alpha value is -10.5. The molecule has 2 N–H and O–H groups in total. The summed E-state index contributed by atoms with van der Waals surface area (Å²) in [6, 6.07) is 67.0. The monoisotopic (exact) mass is 1960 g/mol. The van der Waals surface area contributed by atoms with Gasteiger partial charge in [0.2, 0.25) is 0 Å². The number of methoxy groups -OCH3 is 1. The highest BCUT2D eigenvalue weighted by Gasteiger charge is 2.42. The van der Waals surface area contributed by atoms with E-state index in [1.165, 1.54) is 0 Å². The molecule has 0 aliphatic heterocycles. The van der Waals surface area contributed by atoms with E-state index in [1.807, 2.05) is 42.5 Å². The fraction of sp³-hybridized carbons (Fsp3) is 0.535. The van der Waals surface area contributed by atoms with Gasteiger partial charge in [-0.25, -0.2) is 0 Å². The van der Waals surface area contributed by atoms with E-state index in [0.29, 0.717) is 129 Å². The van der Waals surface area contributed by atoms with Crippen LogP contribution in [0, 0.1) is 47.3 Å². The number of aromatic hydroxyl groups is 2. The Kier molecular flexibility index (Phi) is 47.9. The molecule has 15 heteroatoms. The third-order valence-corrected chi connectivity index (χ3v) is 30.7. The quantitative estimate of drug-likeness (QED) is 0.0368. The van der Waals surface area contributed by atoms with E-state index in [0.717, 1.165) is 307 Å². The second kappa shape index (κ2) is 60.6. The van der Waals surface area contributed by atoms with Crippen molar-refractivity contribution >= 4 is 34.1 Å². The number of ether oxygens (including phenoxy) is 9. The zero-order chi connectivity index (χ0) is 103. The molecule has 10 aromatic rings. The first-order valence-corrected chi connectivity index (χ1v) is 56.5. The summed E-state index contributed by atoms with van der Waals surface area (Å²) in [6.07, 6.45) is 31.8. The normalized spacial score (nSPS) is 15.7. The molecule has 0 bridgehead atoms. The topological polar surface area (TPSA) is 176 Å². The molecule has 1 aliphatic carbocycles. The van der Waals surface area contributed by atoms with E-state index in [-0.39, 0.29) is 22.6 Å². The Bertz CT molecular complexity index is 5050. The molecule has 0 aromatic heterocycles. The zero-order valence-corrected chi connectivity index (χ0v) is 91.0. The van der Waals surface area contributed by atoms with Gasteiger partial charge in [-0.3, -0.25) is 0 Å². The number of nitrogens with zero attached hydrogens (tertiary/aromatic N) is 2. The molecule has 10 aromatic carbocycles. The van der Waals surface area contributed by atoms with Crippen LogP contribution in [0.15, 0.2) is 200 Å². The van der Waals surface area contributed by atoms with Gasteiger partial charge in [0, 0.05) is 58.4 Å². The highest BCUT2D eigenvalue weighted by molar-refractivity contribution is 5.87. The molecule has 144 heavy (non-hydrogen) atoms. The van der Waals surface area contributed by atoms with Crippen molar-refractivity contribution in [3.05, 3.63) is 211 Å². The summed E-state index contributed by atoms with van der Waals surface area (Å²) in [5.41, 5.74) is 12.1. The summed E-state index contributed by atoms with van der Waals surface area (Å²) < 4.78 is 61.5. The molecule has 784 valence electrons. The van der Waals surface area contributed by atoms with Crippen LogP contribution >= 0.6 is 0 Å². The Labute approximate surface area is 868 Å². The number of anilines is 6. The maximum atomic E-state index is 15.4. The Morgan fingerprint density at radius 1 is 0.243 bits per heavy atom. The van der Waals surface area contributed by atoms with Crippen molar-refractivity contribution in [3.8, 4) is 108 Å². The average Bonchev–Trinajstić information content (AvgIpc) is 0.727. The zero-order valence-electron chi connectivity index (χ0n) is 91.0. The van der Waals surface area contributed by atoms with Gasteiger partial charge in [-0.2, -0.15) is 0 Å². The van der Waals surface area contributed by atoms with Gasteiger partial charge in [0.15, 0.2) is 0 Å². The van der Waals surface area contributed by atoms with Gasteiger partial charge in [-0.15, -0.1) is 12.2 Å². The van der Waals surface area contributed by atoms with Crippen LogP contribution in [0.3, 0.4) is 0 Å². The maximum Gasteiger partial charge on any atom is 0.134 e. The van der Waals surface area contributed by atoms with E-state index in [9.17, 15) is 10.2 Å². The minimum atomic E-state index is -1.53. The van der Waals surface area contributed by atoms with Crippen LogP contribution in [0.4, 0.5) is 34.1 Å². The summed E-state index contributed by atoms with van der Waals surface area (Å²) >= 11 is 0. The summed E-state index contributed by atoms with van der Waals surface area (Å²) in [5.74, 6) is 7.18. The van der Waals surface area contributed by atoms with Crippen molar-refractivity contribution in [2.45, 2.75) is 340 Å². The highest BCUT2D eigenvalue weighted by atomic mass is 16.5. The van der Waals surface area contributed by atoms with Crippen molar-refractivity contribution in [1.29, 1.82) is 0 Å². The van der Waals surface area contributed by atoms with Gasteiger partial charge in [-0.05, 0) is 241 Å². The first kappa shape index (κ1) is 114. The SMILES string of the molecule is CCCCC(CC)COc1cccc(OCC(CC)CCCC)c1-c1ccc(N(c2ccc(-c3c(OCC(CC)CCCC)cccc3OCC(CC)CCCC)cc2)c2ccc(C3C([O-])C(c4ccc(N(c5ccc(-c6c(OCC(CC)CCCC)cccc6OCC(CC)CCCC)cc5)c5ccc(-c6c(OCC(CC)CCCC)cc(OC)cc6OCC(CC)CCCC)cc5)cc4O)C3[O-])c(O)c2)cc1. The van der Waals surface area contributed by atoms with Crippen LogP contribution in [-0.2, 0) is 0 Å². The molecule has 1 saturated carbocycles. The second-order valence-electron chi connectivity index (χ2n) is 41.0. The molecule has 11 rings (SSSR count). The Morgan fingerprint density at radius 2 is 0.431 bits per heavy atom. The molecule has 0 radical (unpaired) electrons. The first-order chi connectivity index (χ1) is 70.3.